The molecule has 0 radical (unpaired) electrons. The van der Waals surface area contributed by atoms with E-state index >= 15 is 0 Å². The van der Waals surface area contributed by atoms with Crippen LogP contribution in [-0.4, -0.2) is 32.1 Å². The zero-order valence-corrected chi connectivity index (χ0v) is 10.3. The molecule has 1 atom stereocenters. The molecule has 1 aromatic rings. The van der Waals surface area contributed by atoms with Crippen LogP contribution in [-0.2, 0) is 0 Å². The molecule has 0 saturated carbocycles. The van der Waals surface area contributed by atoms with Gasteiger partial charge in [0, 0.05) is 22.8 Å². The molecule has 0 amide bonds. The third-order valence-electron chi connectivity index (χ3n) is 2.08. The lowest BCUT2D eigenvalue weighted by atomic mass is 10.2. The number of likely N-dealkylation sites (N-methyl/N-ethyl adjacent to an activating group) is 1. The Balaban J connectivity index is 2.47. The number of nitrogens with one attached hydrogen (secondary N) is 1. The Bertz CT molecular complexity index is 338. The molecule has 15 heavy (non-hydrogen) atoms. The molecule has 0 saturated heterocycles. The van der Waals surface area contributed by atoms with Crippen molar-refractivity contribution in [1.29, 1.82) is 5.26 Å². The van der Waals surface area contributed by atoms with E-state index in [4.69, 9.17) is 5.26 Å². The van der Waals surface area contributed by atoms with Crippen molar-refractivity contribution in [2.45, 2.75) is 13.0 Å². The lowest BCUT2D eigenvalue weighted by Gasteiger charge is -2.13. The topological polar surface area (TPSA) is 39.1 Å². The first kappa shape index (κ1) is 12.2. The van der Waals surface area contributed by atoms with Gasteiger partial charge in [-0.25, -0.2) is 0 Å². The van der Waals surface area contributed by atoms with Crippen LogP contribution in [0.15, 0.2) is 12.1 Å². The maximum atomic E-state index is 9.03. The summed E-state index contributed by atoms with van der Waals surface area (Å²) < 4.78 is 0. The molecule has 0 bridgehead atoms. The Labute approximate surface area is 95.3 Å². The van der Waals surface area contributed by atoms with Crippen molar-refractivity contribution in [2.24, 2.45) is 0 Å². The predicted molar refractivity (Wildman–Crippen MR) is 64.0 cm³/mol. The lowest BCUT2D eigenvalue weighted by molar-refractivity contribution is 0.395. The van der Waals surface area contributed by atoms with Crippen LogP contribution in [0.25, 0.3) is 0 Å². The van der Waals surface area contributed by atoms with Crippen molar-refractivity contribution in [2.75, 3.05) is 27.2 Å². The number of aryl methyl sites for hydroxylation is 1. The molecule has 82 valence electrons. The quantitative estimate of drug-likeness (QED) is 0.827. The Morgan fingerprint density at radius 3 is 2.73 bits per heavy atom. The van der Waals surface area contributed by atoms with Gasteiger partial charge in [0.2, 0.25) is 0 Å². The molecule has 0 spiro atoms. The minimum atomic E-state index is -0.163. The largest absolute Gasteiger partial charge is 0.308 e. The number of rotatable bonds is 5. The molecule has 1 heterocycles. The van der Waals surface area contributed by atoms with Gasteiger partial charge in [-0.1, -0.05) is 0 Å². The molecule has 4 heteroatoms. The van der Waals surface area contributed by atoms with Crippen LogP contribution in [0, 0.1) is 18.3 Å². The van der Waals surface area contributed by atoms with Crippen molar-refractivity contribution in [3.05, 3.63) is 21.9 Å². The minimum Gasteiger partial charge on any atom is -0.308 e. The number of thiophene rings is 1. The average molecular weight is 223 g/mol. The number of hydrogen-bond donors (Lipinski definition) is 1. The highest BCUT2D eigenvalue weighted by Gasteiger charge is 2.11. The Hall–Kier alpha value is -0.890. The zero-order valence-electron chi connectivity index (χ0n) is 9.45. The van der Waals surface area contributed by atoms with Crippen molar-refractivity contribution < 1.29 is 0 Å². The van der Waals surface area contributed by atoms with Crippen molar-refractivity contribution in [1.82, 2.24) is 10.2 Å². The van der Waals surface area contributed by atoms with E-state index in [0.29, 0.717) is 0 Å². The Kier molecular flexibility index (Phi) is 4.76. The van der Waals surface area contributed by atoms with Gasteiger partial charge in [-0.3, -0.25) is 5.32 Å². The molecule has 0 aromatic carbocycles. The second-order valence-electron chi connectivity index (χ2n) is 3.77. The summed E-state index contributed by atoms with van der Waals surface area (Å²) in [5, 5.41) is 12.3. The predicted octanol–water partition coefficient (Wildman–Crippen LogP) is 1.77. The van der Waals surface area contributed by atoms with Gasteiger partial charge in [-0.2, -0.15) is 5.26 Å². The maximum absolute atomic E-state index is 9.03. The summed E-state index contributed by atoms with van der Waals surface area (Å²) in [5.41, 5.74) is 0. The molecule has 1 N–H and O–H groups in total. The molecule has 0 fully saturated rings. The summed E-state index contributed by atoms with van der Waals surface area (Å²) in [4.78, 5) is 4.45. The van der Waals surface area contributed by atoms with Gasteiger partial charge in [0.05, 0.1) is 6.07 Å². The summed E-state index contributed by atoms with van der Waals surface area (Å²) in [7, 11) is 4.05. The molecule has 1 aromatic heterocycles. The second-order valence-corrected chi connectivity index (χ2v) is 5.09. The summed E-state index contributed by atoms with van der Waals surface area (Å²) in [6.07, 6.45) is 0. The van der Waals surface area contributed by atoms with Crippen LogP contribution in [0.4, 0.5) is 0 Å². The first-order valence-electron chi connectivity index (χ1n) is 4.97. The van der Waals surface area contributed by atoms with Gasteiger partial charge >= 0.3 is 0 Å². The van der Waals surface area contributed by atoms with E-state index in [2.05, 4.69) is 29.3 Å². The fourth-order valence-electron chi connectivity index (χ4n) is 1.25. The van der Waals surface area contributed by atoms with Gasteiger partial charge in [0.15, 0.2) is 0 Å². The molecule has 0 aliphatic rings. The normalized spacial score (nSPS) is 12.7. The number of nitriles is 1. The van der Waals surface area contributed by atoms with E-state index in [1.54, 1.807) is 11.3 Å². The third-order valence-corrected chi connectivity index (χ3v) is 3.15. The smallest absolute Gasteiger partial charge is 0.130 e. The molecule has 3 nitrogen and oxygen atoms in total. The standard InChI is InChI=1S/C11H17N3S/c1-9-4-5-11(15-9)10(8-12)13-6-7-14(2)3/h4-5,10,13H,6-7H2,1-3H3. The van der Waals surface area contributed by atoms with E-state index in [1.165, 1.54) is 4.88 Å². The number of hydrogen-bond acceptors (Lipinski definition) is 4. The minimum absolute atomic E-state index is 0.163. The van der Waals surface area contributed by atoms with Crippen LogP contribution >= 0.6 is 11.3 Å². The average Bonchev–Trinajstić information content (AvgIpc) is 2.59. The summed E-state index contributed by atoms with van der Waals surface area (Å²) in [5.74, 6) is 0. The Morgan fingerprint density at radius 2 is 2.27 bits per heavy atom. The van der Waals surface area contributed by atoms with Crippen LogP contribution in [0.1, 0.15) is 15.8 Å². The molecule has 0 aliphatic carbocycles. The van der Waals surface area contributed by atoms with Gasteiger partial charge < -0.3 is 4.90 Å². The third kappa shape index (κ3) is 4.00. The van der Waals surface area contributed by atoms with Crippen LogP contribution < -0.4 is 5.32 Å². The highest BCUT2D eigenvalue weighted by atomic mass is 32.1. The zero-order chi connectivity index (χ0) is 11.3. The van der Waals surface area contributed by atoms with E-state index in [-0.39, 0.29) is 6.04 Å². The van der Waals surface area contributed by atoms with Crippen molar-refractivity contribution >= 4 is 11.3 Å². The van der Waals surface area contributed by atoms with E-state index in [1.807, 2.05) is 20.2 Å². The van der Waals surface area contributed by atoms with Gasteiger partial charge in [-0.05, 0) is 33.2 Å². The van der Waals surface area contributed by atoms with E-state index in [0.717, 1.165) is 18.0 Å². The first-order valence-corrected chi connectivity index (χ1v) is 5.79. The van der Waals surface area contributed by atoms with Gasteiger partial charge in [-0.15, -0.1) is 11.3 Å². The fourth-order valence-corrected chi connectivity index (χ4v) is 2.15. The van der Waals surface area contributed by atoms with E-state index in [9.17, 15) is 0 Å². The molecule has 1 rings (SSSR count). The Morgan fingerprint density at radius 1 is 1.53 bits per heavy atom. The van der Waals surface area contributed by atoms with Crippen LogP contribution in [0.5, 0.6) is 0 Å². The highest BCUT2D eigenvalue weighted by molar-refractivity contribution is 7.12. The van der Waals surface area contributed by atoms with Crippen molar-refractivity contribution in [3.63, 3.8) is 0 Å². The summed E-state index contributed by atoms with van der Waals surface area (Å²) in [6.45, 7) is 3.84. The molecule has 0 aliphatic heterocycles. The second kappa shape index (κ2) is 5.86. The lowest BCUT2D eigenvalue weighted by Crippen LogP contribution is -2.28. The molecule has 1 unspecified atom stereocenters. The number of nitrogens with zero attached hydrogens (tertiary/aromatic N) is 2. The highest BCUT2D eigenvalue weighted by Crippen LogP contribution is 2.21. The summed E-state index contributed by atoms with van der Waals surface area (Å²) in [6, 6.07) is 6.20. The SMILES string of the molecule is Cc1ccc(C(C#N)NCCN(C)C)s1. The van der Waals surface area contributed by atoms with E-state index < -0.39 is 0 Å². The van der Waals surface area contributed by atoms with Crippen LogP contribution in [0.3, 0.4) is 0 Å². The monoisotopic (exact) mass is 223 g/mol. The maximum Gasteiger partial charge on any atom is 0.130 e. The van der Waals surface area contributed by atoms with Gasteiger partial charge in [0.1, 0.15) is 6.04 Å². The molecular weight excluding hydrogens is 206 g/mol. The van der Waals surface area contributed by atoms with Crippen LogP contribution in [0.2, 0.25) is 0 Å². The van der Waals surface area contributed by atoms with Crippen molar-refractivity contribution in [3.8, 4) is 6.07 Å². The fraction of sp³-hybridized carbons (Fsp3) is 0.545. The first-order chi connectivity index (χ1) is 7.13. The van der Waals surface area contributed by atoms with Gasteiger partial charge in [0.25, 0.3) is 0 Å². The molecular formula is C11H17N3S. The summed E-state index contributed by atoms with van der Waals surface area (Å²) >= 11 is 1.68.